The molecular formula is C22H18F3N7O2. The zero-order chi connectivity index (χ0) is 23.9. The molecule has 0 aromatic carbocycles. The topological polar surface area (TPSA) is 101 Å². The van der Waals surface area contributed by atoms with E-state index < -0.39 is 12.7 Å². The lowest BCUT2D eigenvalue weighted by atomic mass is 10.2. The third kappa shape index (κ3) is 4.06. The van der Waals surface area contributed by atoms with Crippen LogP contribution in [-0.2, 0) is 11.3 Å². The van der Waals surface area contributed by atoms with E-state index in [1.807, 2.05) is 6.07 Å². The summed E-state index contributed by atoms with van der Waals surface area (Å²) < 4.78 is 47.8. The number of pyridine rings is 2. The number of fused-ring (bicyclic) bond motifs is 2. The number of hydrogen-bond donors (Lipinski definition) is 0. The summed E-state index contributed by atoms with van der Waals surface area (Å²) in [6.07, 6.45) is 0.521. The van der Waals surface area contributed by atoms with Gasteiger partial charge in [0.1, 0.15) is 29.6 Å². The SMILES string of the molecule is N#Cc1ccc2ncc(-c3nn(CC(F)(F)F)c4cc(C(=O)N5CCCOCC5)ncc34)n2c1. The second-order valence-electron chi connectivity index (χ2n) is 7.87. The highest BCUT2D eigenvalue weighted by Crippen LogP contribution is 2.31. The van der Waals surface area contributed by atoms with Gasteiger partial charge in [-0.05, 0) is 24.6 Å². The van der Waals surface area contributed by atoms with Crippen molar-refractivity contribution in [2.24, 2.45) is 0 Å². The molecule has 1 aliphatic heterocycles. The molecule has 1 fully saturated rings. The van der Waals surface area contributed by atoms with Crippen LogP contribution in [0.4, 0.5) is 13.2 Å². The number of alkyl halides is 3. The van der Waals surface area contributed by atoms with Gasteiger partial charge in [0.15, 0.2) is 0 Å². The van der Waals surface area contributed by atoms with Gasteiger partial charge >= 0.3 is 6.18 Å². The van der Waals surface area contributed by atoms with Crippen molar-refractivity contribution < 1.29 is 22.7 Å². The molecule has 0 spiro atoms. The first kappa shape index (κ1) is 21.8. The van der Waals surface area contributed by atoms with Crippen molar-refractivity contribution in [2.45, 2.75) is 19.1 Å². The molecule has 0 saturated carbocycles. The molecule has 34 heavy (non-hydrogen) atoms. The monoisotopic (exact) mass is 469 g/mol. The summed E-state index contributed by atoms with van der Waals surface area (Å²) in [6.45, 7) is 0.468. The van der Waals surface area contributed by atoms with Crippen molar-refractivity contribution in [1.29, 1.82) is 5.26 Å². The van der Waals surface area contributed by atoms with E-state index in [2.05, 4.69) is 15.1 Å². The lowest BCUT2D eigenvalue weighted by Crippen LogP contribution is -2.33. The third-order valence-corrected chi connectivity index (χ3v) is 5.57. The van der Waals surface area contributed by atoms with Crippen LogP contribution in [0.2, 0.25) is 0 Å². The van der Waals surface area contributed by atoms with Crippen LogP contribution in [-0.4, -0.2) is 67.4 Å². The zero-order valence-corrected chi connectivity index (χ0v) is 17.8. The van der Waals surface area contributed by atoms with Gasteiger partial charge in [-0.25, -0.2) is 4.98 Å². The van der Waals surface area contributed by atoms with Crippen LogP contribution in [0, 0.1) is 11.3 Å². The number of amides is 1. The van der Waals surface area contributed by atoms with Gasteiger partial charge in [0, 0.05) is 37.5 Å². The summed E-state index contributed by atoms with van der Waals surface area (Å²) in [4.78, 5) is 23.1. The lowest BCUT2D eigenvalue weighted by molar-refractivity contribution is -0.141. The molecule has 5 heterocycles. The molecule has 0 radical (unpaired) electrons. The number of rotatable bonds is 3. The quantitative estimate of drug-likeness (QED) is 0.457. The molecule has 174 valence electrons. The average molecular weight is 469 g/mol. The van der Waals surface area contributed by atoms with Gasteiger partial charge in [0.05, 0.1) is 29.6 Å². The van der Waals surface area contributed by atoms with Gasteiger partial charge in [-0.3, -0.25) is 18.9 Å². The van der Waals surface area contributed by atoms with E-state index in [0.717, 1.165) is 4.68 Å². The van der Waals surface area contributed by atoms with Crippen LogP contribution in [0.5, 0.6) is 0 Å². The van der Waals surface area contributed by atoms with Crippen LogP contribution < -0.4 is 0 Å². The number of carbonyl (C=O) groups excluding carboxylic acids is 1. The molecule has 0 aliphatic carbocycles. The van der Waals surface area contributed by atoms with Gasteiger partial charge in [0.25, 0.3) is 5.91 Å². The van der Waals surface area contributed by atoms with E-state index in [9.17, 15) is 23.2 Å². The molecule has 0 unspecified atom stereocenters. The Morgan fingerprint density at radius 3 is 2.82 bits per heavy atom. The normalized spacial score (nSPS) is 14.9. The van der Waals surface area contributed by atoms with E-state index in [-0.39, 0.29) is 22.8 Å². The van der Waals surface area contributed by atoms with E-state index in [0.29, 0.717) is 55.0 Å². The lowest BCUT2D eigenvalue weighted by Gasteiger charge is -2.19. The van der Waals surface area contributed by atoms with Gasteiger partial charge in [-0.2, -0.15) is 23.5 Å². The molecule has 4 aromatic rings. The Morgan fingerprint density at radius 1 is 1.18 bits per heavy atom. The van der Waals surface area contributed by atoms with Crippen LogP contribution in [0.15, 0.2) is 36.8 Å². The Morgan fingerprint density at radius 2 is 2.03 bits per heavy atom. The van der Waals surface area contributed by atoms with Crippen LogP contribution >= 0.6 is 0 Å². The summed E-state index contributed by atoms with van der Waals surface area (Å²) >= 11 is 0. The Bertz CT molecular complexity index is 1430. The van der Waals surface area contributed by atoms with Crippen LogP contribution in [0.3, 0.4) is 0 Å². The van der Waals surface area contributed by atoms with Crippen molar-refractivity contribution in [1.82, 2.24) is 29.0 Å². The van der Waals surface area contributed by atoms with Gasteiger partial charge < -0.3 is 9.64 Å². The Hall–Kier alpha value is -3.98. The predicted octanol–water partition coefficient (Wildman–Crippen LogP) is 3.04. The molecule has 4 aromatic heterocycles. The number of halogens is 3. The molecular weight excluding hydrogens is 451 g/mol. The minimum Gasteiger partial charge on any atom is -0.380 e. The van der Waals surface area contributed by atoms with Crippen molar-refractivity contribution in [3.8, 4) is 17.5 Å². The third-order valence-electron chi connectivity index (χ3n) is 5.57. The first-order chi connectivity index (χ1) is 16.3. The molecule has 9 nitrogen and oxygen atoms in total. The predicted molar refractivity (Wildman–Crippen MR) is 114 cm³/mol. The first-order valence-corrected chi connectivity index (χ1v) is 10.5. The molecule has 0 atom stereocenters. The second kappa shape index (κ2) is 8.42. The van der Waals surface area contributed by atoms with Gasteiger partial charge in [-0.1, -0.05) is 0 Å². The number of aromatic nitrogens is 5. The number of carbonyl (C=O) groups is 1. The summed E-state index contributed by atoms with van der Waals surface area (Å²) in [6, 6.07) is 6.61. The molecule has 0 N–H and O–H groups in total. The maximum atomic E-state index is 13.3. The fourth-order valence-corrected chi connectivity index (χ4v) is 4.00. The smallest absolute Gasteiger partial charge is 0.380 e. The van der Waals surface area contributed by atoms with Crippen molar-refractivity contribution in [3.05, 3.63) is 48.0 Å². The van der Waals surface area contributed by atoms with E-state index in [4.69, 9.17) is 4.74 Å². The molecule has 0 bridgehead atoms. The highest BCUT2D eigenvalue weighted by Gasteiger charge is 2.31. The highest BCUT2D eigenvalue weighted by molar-refractivity contribution is 5.99. The summed E-state index contributed by atoms with van der Waals surface area (Å²) in [7, 11) is 0. The van der Waals surface area contributed by atoms with Gasteiger partial charge in [-0.15, -0.1) is 0 Å². The summed E-state index contributed by atoms with van der Waals surface area (Å²) in [5, 5.41) is 13.8. The fourth-order valence-electron chi connectivity index (χ4n) is 4.00. The van der Waals surface area contributed by atoms with E-state index in [1.54, 1.807) is 27.6 Å². The second-order valence-corrected chi connectivity index (χ2v) is 7.87. The largest absolute Gasteiger partial charge is 0.408 e. The minimum absolute atomic E-state index is 0.0363. The minimum atomic E-state index is -4.53. The van der Waals surface area contributed by atoms with Crippen molar-refractivity contribution in [2.75, 3.05) is 26.3 Å². The maximum absolute atomic E-state index is 13.3. The molecule has 5 rings (SSSR count). The standard InChI is InChI=1S/C22H18F3N7O2/c23-22(24,25)13-32-17-8-16(21(33)30-4-1-6-34-7-5-30)27-10-15(17)20(29-32)18-11-28-19-3-2-14(9-26)12-31(18)19/h2-3,8,10-12H,1,4-7,13H2. The number of nitrogens with zero attached hydrogens (tertiary/aromatic N) is 7. The number of hydrogen-bond acceptors (Lipinski definition) is 6. The Labute approximate surface area is 191 Å². The average Bonchev–Trinajstić information content (AvgIpc) is 3.25. The van der Waals surface area contributed by atoms with Crippen LogP contribution in [0.1, 0.15) is 22.5 Å². The molecule has 1 saturated heterocycles. The number of imidazole rings is 1. The first-order valence-electron chi connectivity index (χ1n) is 10.5. The number of nitriles is 1. The fraction of sp³-hybridized carbons (Fsp3) is 0.318. The molecule has 1 aliphatic rings. The zero-order valence-electron chi connectivity index (χ0n) is 17.8. The summed E-state index contributed by atoms with van der Waals surface area (Å²) in [5.74, 6) is -0.373. The van der Waals surface area contributed by atoms with E-state index >= 15 is 0 Å². The van der Waals surface area contributed by atoms with Crippen molar-refractivity contribution in [3.63, 3.8) is 0 Å². The highest BCUT2D eigenvalue weighted by atomic mass is 19.4. The summed E-state index contributed by atoms with van der Waals surface area (Å²) in [5.41, 5.74) is 1.66. The molecule has 12 heteroatoms. The Kier molecular flexibility index (Phi) is 5.41. The Balaban J connectivity index is 1.64. The molecule has 1 amide bonds. The van der Waals surface area contributed by atoms with Crippen molar-refractivity contribution >= 4 is 22.5 Å². The van der Waals surface area contributed by atoms with Gasteiger partial charge in [0.2, 0.25) is 0 Å². The van der Waals surface area contributed by atoms with Crippen LogP contribution in [0.25, 0.3) is 27.9 Å². The number of ether oxygens (including phenoxy) is 1. The maximum Gasteiger partial charge on any atom is 0.408 e. The van der Waals surface area contributed by atoms with E-state index in [1.165, 1.54) is 18.5 Å².